The van der Waals surface area contributed by atoms with Crippen LogP contribution in [0.4, 0.5) is 24.5 Å². The maximum absolute atomic E-state index is 12.7. The summed E-state index contributed by atoms with van der Waals surface area (Å²) >= 11 is 0. The molecule has 2 aliphatic heterocycles. The summed E-state index contributed by atoms with van der Waals surface area (Å²) in [6, 6.07) is 12.3. The number of nitrogens with zero attached hydrogens (tertiary/aromatic N) is 3. The monoisotopic (exact) mass is 350 g/mol. The SMILES string of the molecule is O.OC1=C2CCc3ccccc3N2[N]N1c1ccc(C(F)(F)F)cc1. The summed E-state index contributed by atoms with van der Waals surface area (Å²) in [5.41, 5.74) is 6.63. The van der Waals surface area contributed by atoms with Crippen LogP contribution in [0, 0.1) is 0 Å². The van der Waals surface area contributed by atoms with Crippen molar-refractivity contribution in [2.45, 2.75) is 19.0 Å². The molecule has 2 aromatic rings. The Hall–Kier alpha value is -2.71. The van der Waals surface area contributed by atoms with Crippen LogP contribution in [0.25, 0.3) is 0 Å². The third-order valence-corrected chi connectivity index (χ3v) is 4.18. The summed E-state index contributed by atoms with van der Waals surface area (Å²) in [7, 11) is 0. The van der Waals surface area contributed by atoms with Crippen molar-refractivity contribution in [3.63, 3.8) is 0 Å². The first-order valence-corrected chi connectivity index (χ1v) is 7.44. The molecule has 0 saturated heterocycles. The van der Waals surface area contributed by atoms with Crippen LogP contribution in [0.5, 0.6) is 0 Å². The van der Waals surface area contributed by atoms with Gasteiger partial charge in [-0.05, 0) is 54.3 Å². The predicted molar refractivity (Wildman–Crippen MR) is 86.6 cm³/mol. The van der Waals surface area contributed by atoms with Crippen LogP contribution in [0.3, 0.4) is 0 Å². The minimum atomic E-state index is -4.39. The number of allylic oxidation sites excluding steroid dienone is 1. The molecular formula is C17H15F3N3O2. The lowest BCUT2D eigenvalue weighted by Crippen LogP contribution is -2.36. The zero-order valence-corrected chi connectivity index (χ0v) is 13.0. The van der Waals surface area contributed by atoms with Gasteiger partial charge in [-0.1, -0.05) is 18.2 Å². The molecule has 2 aromatic carbocycles. The molecular weight excluding hydrogens is 335 g/mol. The predicted octanol–water partition coefficient (Wildman–Crippen LogP) is 3.32. The van der Waals surface area contributed by atoms with Gasteiger partial charge in [0, 0.05) is 0 Å². The molecule has 1 radical (unpaired) electrons. The van der Waals surface area contributed by atoms with Gasteiger partial charge in [0.15, 0.2) is 0 Å². The molecule has 0 atom stereocenters. The van der Waals surface area contributed by atoms with E-state index in [1.807, 2.05) is 24.3 Å². The van der Waals surface area contributed by atoms with Crippen LogP contribution in [-0.2, 0) is 12.6 Å². The number of hydrogen-bond donors (Lipinski definition) is 1. The third-order valence-electron chi connectivity index (χ3n) is 4.18. The third kappa shape index (κ3) is 2.79. The Kier molecular flexibility index (Phi) is 4.09. The molecule has 8 heteroatoms. The number of aliphatic hydroxyl groups is 1. The number of alkyl halides is 3. The molecule has 0 saturated carbocycles. The van der Waals surface area contributed by atoms with E-state index in [1.165, 1.54) is 17.1 Å². The maximum Gasteiger partial charge on any atom is 0.416 e. The average molecular weight is 350 g/mol. The molecule has 0 amide bonds. The summed E-state index contributed by atoms with van der Waals surface area (Å²) in [6.07, 6.45) is -3.00. The Balaban J connectivity index is 0.00000182. The normalized spacial score (nSPS) is 16.4. The quantitative estimate of drug-likeness (QED) is 0.858. The molecule has 131 valence electrons. The van der Waals surface area contributed by atoms with Gasteiger partial charge < -0.3 is 10.6 Å². The number of hydrogen-bond acceptors (Lipinski definition) is 3. The van der Waals surface area contributed by atoms with Crippen molar-refractivity contribution >= 4 is 11.4 Å². The van der Waals surface area contributed by atoms with Crippen molar-refractivity contribution in [3.8, 4) is 0 Å². The molecule has 2 heterocycles. The van der Waals surface area contributed by atoms with Crippen molar-refractivity contribution in [2.24, 2.45) is 0 Å². The highest BCUT2D eigenvalue weighted by Gasteiger charge is 2.37. The number of rotatable bonds is 1. The van der Waals surface area contributed by atoms with Crippen molar-refractivity contribution in [1.29, 1.82) is 0 Å². The van der Waals surface area contributed by atoms with Gasteiger partial charge >= 0.3 is 6.18 Å². The van der Waals surface area contributed by atoms with E-state index in [1.54, 1.807) is 5.01 Å². The summed E-state index contributed by atoms with van der Waals surface area (Å²) in [5.74, 6) is -0.0516. The van der Waals surface area contributed by atoms with E-state index >= 15 is 0 Å². The highest BCUT2D eigenvalue weighted by Crippen LogP contribution is 2.39. The summed E-state index contributed by atoms with van der Waals surface area (Å²) < 4.78 is 38.0. The van der Waals surface area contributed by atoms with Gasteiger partial charge in [0.25, 0.3) is 0 Å². The molecule has 0 aromatic heterocycles. The molecule has 0 spiro atoms. The van der Waals surface area contributed by atoms with Crippen LogP contribution < -0.4 is 15.6 Å². The van der Waals surface area contributed by atoms with Gasteiger partial charge in [-0.15, -0.1) is 0 Å². The van der Waals surface area contributed by atoms with Crippen LogP contribution in [0.2, 0.25) is 0 Å². The number of aliphatic hydroxyl groups excluding tert-OH is 1. The van der Waals surface area contributed by atoms with Gasteiger partial charge in [0.1, 0.15) is 5.70 Å². The van der Waals surface area contributed by atoms with Crippen LogP contribution >= 0.6 is 0 Å². The second-order valence-corrected chi connectivity index (χ2v) is 5.66. The minimum Gasteiger partial charge on any atom is -0.492 e. The standard InChI is InChI=1S/C17H13F3N3O.H2O/c18-17(19,20)12-6-8-13(9-7-12)22-16(24)15-10-5-11-3-1-2-4-14(11)23(15)21-22;/h1-4,6-9,24H,5,10H2;1H2. The smallest absolute Gasteiger partial charge is 0.416 e. The van der Waals surface area contributed by atoms with Crippen molar-refractivity contribution < 1.29 is 23.8 Å². The molecule has 5 nitrogen and oxygen atoms in total. The topological polar surface area (TPSA) is 72.3 Å². The fraction of sp³-hybridized carbons (Fsp3) is 0.176. The minimum absolute atomic E-state index is 0. The molecule has 25 heavy (non-hydrogen) atoms. The molecule has 0 aliphatic carbocycles. The largest absolute Gasteiger partial charge is 0.492 e. The first kappa shape index (κ1) is 17.1. The Morgan fingerprint density at radius 3 is 2.28 bits per heavy atom. The Morgan fingerprint density at radius 2 is 1.60 bits per heavy atom. The number of fused-ring (bicyclic) bond motifs is 3. The molecule has 0 bridgehead atoms. The number of halogens is 3. The van der Waals surface area contributed by atoms with Gasteiger partial charge in [0.2, 0.25) is 5.88 Å². The van der Waals surface area contributed by atoms with Gasteiger partial charge in [0.05, 0.1) is 16.9 Å². The molecule has 3 N–H and O–H groups in total. The van der Waals surface area contributed by atoms with Crippen LogP contribution in [0.1, 0.15) is 17.5 Å². The molecule has 0 fully saturated rings. The van der Waals surface area contributed by atoms with E-state index in [9.17, 15) is 18.3 Å². The first-order chi connectivity index (χ1) is 11.4. The Morgan fingerprint density at radius 1 is 0.920 bits per heavy atom. The average Bonchev–Trinajstić information content (AvgIpc) is 2.92. The van der Waals surface area contributed by atoms with E-state index in [4.69, 9.17) is 0 Å². The number of aryl methyl sites for hydroxylation is 1. The molecule has 4 rings (SSSR count). The summed E-state index contributed by atoms with van der Waals surface area (Å²) in [6.45, 7) is 0. The number of para-hydroxylation sites is 1. The van der Waals surface area contributed by atoms with E-state index in [0.717, 1.165) is 29.8 Å². The summed E-state index contributed by atoms with van der Waals surface area (Å²) in [4.78, 5) is 0. The highest BCUT2D eigenvalue weighted by molar-refractivity contribution is 5.65. The zero-order valence-electron chi connectivity index (χ0n) is 13.0. The fourth-order valence-corrected chi connectivity index (χ4v) is 2.96. The van der Waals surface area contributed by atoms with Crippen molar-refractivity contribution in [1.82, 2.24) is 5.53 Å². The van der Waals surface area contributed by atoms with E-state index in [-0.39, 0.29) is 11.4 Å². The fourth-order valence-electron chi connectivity index (χ4n) is 2.96. The van der Waals surface area contributed by atoms with E-state index in [0.29, 0.717) is 17.8 Å². The van der Waals surface area contributed by atoms with Gasteiger partial charge in [-0.25, -0.2) is 10.0 Å². The van der Waals surface area contributed by atoms with Crippen LogP contribution in [-0.4, -0.2) is 10.6 Å². The van der Waals surface area contributed by atoms with Crippen molar-refractivity contribution in [3.05, 3.63) is 71.2 Å². The Labute approximate surface area is 141 Å². The Bertz CT molecular complexity index is 819. The molecule has 2 aliphatic rings. The highest BCUT2D eigenvalue weighted by atomic mass is 19.4. The van der Waals surface area contributed by atoms with Gasteiger partial charge in [-0.2, -0.15) is 13.2 Å². The molecule has 0 unspecified atom stereocenters. The maximum atomic E-state index is 12.7. The van der Waals surface area contributed by atoms with E-state index < -0.39 is 11.7 Å². The number of benzene rings is 2. The van der Waals surface area contributed by atoms with Crippen molar-refractivity contribution in [2.75, 3.05) is 10.0 Å². The first-order valence-electron chi connectivity index (χ1n) is 7.44. The lowest BCUT2D eigenvalue weighted by molar-refractivity contribution is -0.137. The second-order valence-electron chi connectivity index (χ2n) is 5.66. The lowest BCUT2D eigenvalue weighted by Gasteiger charge is -2.27. The summed E-state index contributed by atoms with van der Waals surface area (Å²) in [5, 5.41) is 13.3. The van der Waals surface area contributed by atoms with E-state index in [2.05, 4.69) is 5.53 Å². The lowest BCUT2D eigenvalue weighted by atomic mass is 10.0. The van der Waals surface area contributed by atoms with Gasteiger partial charge in [-0.3, -0.25) is 0 Å². The number of anilines is 2. The zero-order chi connectivity index (χ0) is 16.9. The second kappa shape index (κ2) is 5.98. The van der Waals surface area contributed by atoms with Crippen LogP contribution in [0.15, 0.2) is 60.1 Å².